The maximum absolute atomic E-state index is 13.6. The maximum atomic E-state index is 13.6. The SMILES string of the molecule is Cn1c(CN2CCC(c3ccc(C(=O)N4CCC(CN5CCN(c6ccc(NC7CCC(=O)NC7=O)cn6)CC5)CC4)cc3)CC2)cc2c(-c3ccc4[nH]ncc4c3)ccnc21. The van der Waals surface area contributed by atoms with Crippen LogP contribution >= 0.6 is 0 Å². The second-order valence-corrected chi connectivity index (χ2v) is 17.7. The van der Waals surface area contributed by atoms with Crippen molar-refractivity contribution in [2.24, 2.45) is 13.0 Å². The maximum Gasteiger partial charge on any atom is 0.253 e. The van der Waals surface area contributed by atoms with Gasteiger partial charge in [-0.15, -0.1) is 0 Å². The Hall–Kier alpha value is -6.12. The normalized spacial score (nSPS) is 20.0. The lowest BCUT2D eigenvalue weighted by Gasteiger charge is -2.39. The van der Waals surface area contributed by atoms with Crippen molar-refractivity contribution < 1.29 is 14.4 Å². The van der Waals surface area contributed by atoms with Crippen molar-refractivity contribution in [3.05, 3.63) is 102 Å². The molecule has 4 fully saturated rings. The summed E-state index contributed by atoms with van der Waals surface area (Å²) in [5.41, 5.74) is 8.58. The van der Waals surface area contributed by atoms with Gasteiger partial charge in [-0.05, 0) is 122 Å². The number of likely N-dealkylation sites (tertiary alicyclic amines) is 2. The number of benzene rings is 2. The van der Waals surface area contributed by atoms with Crippen LogP contribution < -0.4 is 15.5 Å². The van der Waals surface area contributed by atoms with Crippen LogP contribution in [-0.4, -0.2) is 122 Å². The van der Waals surface area contributed by atoms with E-state index in [-0.39, 0.29) is 17.7 Å². The molecule has 6 aromatic rings. The monoisotopic (exact) mass is 833 g/mol. The van der Waals surface area contributed by atoms with Crippen LogP contribution in [0.3, 0.4) is 0 Å². The highest BCUT2D eigenvalue weighted by Crippen LogP contribution is 2.34. The predicted molar refractivity (Wildman–Crippen MR) is 241 cm³/mol. The lowest BCUT2D eigenvalue weighted by molar-refractivity contribution is -0.133. The Bertz CT molecular complexity index is 2560. The number of hydrogen-bond acceptors (Lipinski definition) is 10. The largest absolute Gasteiger partial charge is 0.372 e. The Morgan fingerprint density at radius 1 is 0.806 bits per heavy atom. The van der Waals surface area contributed by atoms with Crippen molar-refractivity contribution in [1.82, 2.24) is 44.7 Å². The minimum Gasteiger partial charge on any atom is -0.372 e. The van der Waals surface area contributed by atoms with Crippen LogP contribution in [0.4, 0.5) is 11.5 Å². The molecule has 4 aliphatic heterocycles. The average Bonchev–Trinajstić information content (AvgIpc) is 3.91. The second kappa shape index (κ2) is 17.3. The van der Waals surface area contributed by atoms with Crippen LogP contribution in [0.5, 0.6) is 0 Å². The summed E-state index contributed by atoms with van der Waals surface area (Å²) in [7, 11) is 2.13. The standard InChI is InChI=1S/C48H55N11O3/c1-55-39(27-41-40(12-17-49-46(41)55)36-6-8-42-37(26-36)28-51-54-42)31-56-18-15-34(16-19-56)33-2-4-35(5-3-33)48(62)59-20-13-32(14-21-59)30-57-22-24-58(25-23-57)44-10-7-38(29-50-44)52-43-9-11-45(60)53-47(43)61/h2-8,10,12,17,26-29,32,34,43,52H,9,11,13-16,18-25,30-31H2,1H3,(H,51,54)(H,53,60,61). The molecule has 0 radical (unpaired) electrons. The first-order valence-electron chi connectivity index (χ1n) is 22.3. The minimum atomic E-state index is -0.417. The number of nitrogens with one attached hydrogen (secondary N) is 3. The highest BCUT2D eigenvalue weighted by Gasteiger charge is 2.29. The number of H-pyrrole nitrogens is 1. The van der Waals surface area contributed by atoms with Gasteiger partial charge in [0.05, 0.1) is 23.6 Å². The Kier molecular flexibility index (Phi) is 11.2. The number of anilines is 2. The molecule has 0 spiro atoms. The molecule has 0 bridgehead atoms. The molecule has 4 saturated heterocycles. The van der Waals surface area contributed by atoms with Gasteiger partial charge in [0.25, 0.3) is 5.91 Å². The van der Waals surface area contributed by atoms with Crippen LogP contribution in [0.15, 0.2) is 85.3 Å². The molecule has 4 aliphatic rings. The summed E-state index contributed by atoms with van der Waals surface area (Å²) in [6.45, 7) is 9.43. The van der Waals surface area contributed by atoms with Crippen molar-refractivity contribution in [3.8, 4) is 11.1 Å². The third kappa shape index (κ3) is 8.41. The van der Waals surface area contributed by atoms with Gasteiger partial charge in [0.1, 0.15) is 17.5 Å². The molecule has 14 heteroatoms. The van der Waals surface area contributed by atoms with Gasteiger partial charge in [0.2, 0.25) is 11.8 Å². The van der Waals surface area contributed by atoms with E-state index in [9.17, 15) is 14.4 Å². The number of carbonyl (C=O) groups is 3. The smallest absolute Gasteiger partial charge is 0.253 e. The van der Waals surface area contributed by atoms with E-state index in [0.29, 0.717) is 24.7 Å². The number of rotatable bonds is 10. The molecule has 3 N–H and O–H groups in total. The predicted octanol–water partition coefficient (Wildman–Crippen LogP) is 5.78. The molecule has 62 heavy (non-hydrogen) atoms. The summed E-state index contributed by atoms with van der Waals surface area (Å²) in [4.78, 5) is 56.1. The molecule has 14 nitrogen and oxygen atoms in total. The van der Waals surface area contributed by atoms with Gasteiger partial charge in [-0.25, -0.2) is 9.97 Å². The number of hydrogen-bond donors (Lipinski definition) is 3. The van der Waals surface area contributed by atoms with Gasteiger partial charge >= 0.3 is 0 Å². The first-order valence-corrected chi connectivity index (χ1v) is 22.3. The van der Waals surface area contributed by atoms with E-state index >= 15 is 0 Å². The third-order valence-corrected chi connectivity index (χ3v) is 13.8. The number of amides is 3. The second-order valence-electron chi connectivity index (χ2n) is 17.7. The van der Waals surface area contributed by atoms with Gasteiger partial charge in [0.15, 0.2) is 0 Å². The van der Waals surface area contributed by atoms with Crippen molar-refractivity contribution in [2.45, 2.75) is 57.0 Å². The van der Waals surface area contributed by atoms with Crippen molar-refractivity contribution >= 4 is 51.2 Å². The Morgan fingerprint density at radius 3 is 2.37 bits per heavy atom. The molecule has 3 amide bonds. The van der Waals surface area contributed by atoms with Gasteiger partial charge in [-0.1, -0.05) is 18.2 Å². The number of piperidine rings is 3. The van der Waals surface area contributed by atoms with Crippen LogP contribution in [0.25, 0.3) is 33.1 Å². The number of aromatic nitrogens is 5. The zero-order valence-electron chi connectivity index (χ0n) is 35.4. The average molecular weight is 834 g/mol. The quantitative estimate of drug-likeness (QED) is 0.145. The van der Waals surface area contributed by atoms with Crippen LogP contribution in [-0.2, 0) is 23.2 Å². The zero-order valence-corrected chi connectivity index (χ0v) is 35.4. The van der Waals surface area contributed by atoms with Crippen molar-refractivity contribution in [3.63, 3.8) is 0 Å². The topological polar surface area (TPSA) is 148 Å². The highest BCUT2D eigenvalue weighted by molar-refractivity contribution is 6.01. The number of piperazine rings is 1. The van der Waals surface area contributed by atoms with E-state index in [1.807, 2.05) is 24.5 Å². The molecular weight excluding hydrogens is 779 g/mol. The summed E-state index contributed by atoms with van der Waals surface area (Å²) < 4.78 is 2.25. The van der Waals surface area contributed by atoms with Gasteiger partial charge < -0.3 is 19.7 Å². The Balaban J connectivity index is 0.659. The Morgan fingerprint density at radius 2 is 1.61 bits per heavy atom. The fourth-order valence-electron chi connectivity index (χ4n) is 10.1. The summed E-state index contributed by atoms with van der Waals surface area (Å²) >= 11 is 0. The molecule has 4 aromatic heterocycles. The Labute approximate surface area is 361 Å². The number of pyridine rings is 2. The van der Waals surface area contributed by atoms with Crippen molar-refractivity contribution in [2.75, 3.05) is 69.1 Å². The molecule has 1 unspecified atom stereocenters. The first-order chi connectivity index (χ1) is 30.3. The van der Waals surface area contributed by atoms with Gasteiger partial charge in [-0.3, -0.25) is 34.6 Å². The number of imide groups is 1. The molecule has 0 saturated carbocycles. The van der Waals surface area contributed by atoms with Crippen LogP contribution in [0.1, 0.15) is 66.1 Å². The van der Waals surface area contributed by atoms with E-state index in [0.717, 1.165) is 125 Å². The minimum absolute atomic E-state index is 0.152. The summed E-state index contributed by atoms with van der Waals surface area (Å²) in [5.74, 6) is 1.68. The molecule has 0 aliphatic carbocycles. The van der Waals surface area contributed by atoms with Crippen LogP contribution in [0, 0.1) is 5.92 Å². The summed E-state index contributed by atoms with van der Waals surface area (Å²) in [6, 6.07) is 22.9. The number of aryl methyl sites for hydroxylation is 1. The molecule has 320 valence electrons. The summed E-state index contributed by atoms with van der Waals surface area (Å²) in [6.07, 6.45) is 10.7. The van der Waals surface area contributed by atoms with E-state index in [2.05, 4.69) is 112 Å². The van der Waals surface area contributed by atoms with Gasteiger partial charge in [0, 0.05) is 94.1 Å². The van der Waals surface area contributed by atoms with E-state index in [1.165, 1.54) is 27.8 Å². The van der Waals surface area contributed by atoms with E-state index < -0.39 is 6.04 Å². The third-order valence-electron chi connectivity index (χ3n) is 13.8. The van der Waals surface area contributed by atoms with Crippen molar-refractivity contribution in [1.29, 1.82) is 0 Å². The number of aromatic amines is 1. The molecule has 2 aromatic carbocycles. The molecular formula is C48H55N11O3. The fourth-order valence-corrected chi connectivity index (χ4v) is 10.1. The van der Waals surface area contributed by atoms with E-state index in [4.69, 9.17) is 4.98 Å². The molecule has 8 heterocycles. The zero-order chi connectivity index (χ0) is 42.2. The fraction of sp³-hybridized carbons (Fsp3) is 0.417. The van der Waals surface area contributed by atoms with Crippen LogP contribution in [0.2, 0.25) is 0 Å². The number of carbonyl (C=O) groups excluding carboxylic acids is 3. The highest BCUT2D eigenvalue weighted by atomic mass is 16.2. The summed E-state index contributed by atoms with van der Waals surface area (Å²) in [5, 5.41) is 15.1. The lowest BCUT2D eigenvalue weighted by Crippen LogP contribution is -2.49. The molecule has 10 rings (SSSR count). The number of nitrogens with zero attached hydrogens (tertiary/aromatic N) is 8. The van der Waals surface area contributed by atoms with E-state index in [1.54, 1.807) is 6.20 Å². The lowest BCUT2D eigenvalue weighted by atomic mass is 9.88. The number of fused-ring (bicyclic) bond motifs is 2. The van der Waals surface area contributed by atoms with Gasteiger partial charge in [-0.2, -0.15) is 5.10 Å². The molecule has 1 atom stereocenters. The first kappa shape index (κ1) is 40.0.